The van der Waals surface area contributed by atoms with Crippen LogP contribution in [-0.4, -0.2) is 30.8 Å². The zero-order chi connectivity index (χ0) is 14.5. The van der Waals surface area contributed by atoms with Crippen LogP contribution in [0.3, 0.4) is 0 Å². The molecule has 1 aliphatic rings. The van der Waals surface area contributed by atoms with E-state index in [-0.39, 0.29) is 11.4 Å². The molecule has 1 aromatic carbocycles. The molecule has 21 heavy (non-hydrogen) atoms. The van der Waals surface area contributed by atoms with E-state index >= 15 is 0 Å². The Labute approximate surface area is 130 Å². The summed E-state index contributed by atoms with van der Waals surface area (Å²) >= 11 is 1.80. The molecule has 1 fully saturated rings. The summed E-state index contributed by atoms with van der Waals surface area (Å²) in [6.07, 6.45) is 2.03. The molecule has 0 radical (unpaired) electrons. The zero-order valence-corrected chi connectivity index (χ0v) is 13.0. The smallest absolute Gasteiger partial charge is 0.0995 e. The molecular formula is C17H20N2OS. The number of rotatable bonds is 4. The van der Waals surface area contributed by atoms with Gasteiger partial charge in [-0.1, -0.05) is 48.2 Å². The van der Waals surface area contributed by atoms with Crippen LogP contribution in [-0.2, 0) is 4.74 Å². The summed E-state index contributed by atoms with van der Waals surface area (Å²) in [6, 6.07) is 14.7. The van der Waals surface area contributed by atoms with E-state index < -0.39 is 0 Å². The van der Waals surface area contributed by atoms with Gasteiger partial charge in [-0.15, -0.1) is 0 Å². The van der Waals surface area contributed by atoms with Gasteiger partial charge in [0.25, 0.3) is 0 Å². The van der Waals surface area contributed by atoms with E-state index in [0.29, 0.717) is 0 Å². The third kappa shape index (κ3) is 3.64. The fourth-order valence-electron chi connectivity index (χ4n) is 2.50. The van der Waals surface area contributed by atoms with Crippen LogP contribution in [0.2, 0.25) is 0 Å². The van der Waals surface area contributed by atoms with Crippen molar-refractivity contribution >= 4 is 11.8 Å². The lowest BCUT2D eigenvalue weighted by molar-refractivity contribution is 0.0273. The van der Waals surface area contributed by atoms with E-state index in [9.17, 15) is 0 Å². The number of thioether (sulfide) groups is 1. The van der Waals surface area contributed by atoms with Crippen molar-refractivity contribution < 1.29 is 4.74 Å². The van der Waals surface area contributed by atoms with Crippen LogP contribution < -0.4 is 5.32 Å². The first-order valence-electron chi connectivity index (χ1n) is 7.30. The second-order valence-electron chi connectivity index (χ2n) is 5.19. The van der Waals surface area contributed by atoms with Crippen LogP contribution >= 0.6 is 11.8 Å². The third-order valence-electron chi connectivity index (χ3n) is 3.62. The quantitative estimate of drug-likeness (QED) is 0.879. The third-order valence-corrected chi connectivity index (χ3v) is 5.10. The highest BCUT2D eigenvalue weighted by atomic mass is 32.2. The summed E-state index contributed by atoms with van der Waals surface area (Å²) in [5, 5.41) is 4.77. The van der Waals surface area contributed by atoms with Gasteiger partial charge in [0.1, 0.15) is 0 Å². The maximum Gasteiger partial charge on any atom is 0.0995 e. The highest BCUT2D eigenvalue weighted by Crippen LogP contribution is 2.39. The Morgan fingerprint density at radius 3 is 2.81 bits per heavy atom. The molecule has 1 N–H and O–H groups in total. The van der Waals surface area contributed by atoms with E-state index in [1.54, 1.807) is 11.8 Å². The van der Waals surface area contributed by atoms with Gasteiger partial charge in [-0.2, -0.15) is 0 Å². The Kier molecular flexibility index (Phi) is 4.91. The van der Waals surface area contributed by atoms with Gasteiger partial charge in [-0.3, -0.25) is 0 Å². The number of nitrogens with zero attached hydrogens (tertiary/aromatic N) is 1. The minimum absolute atomic E-state index is 0.174. The van der Waals surface area contributed by atoms with Crippen LogP contribution in [0, 0.1) is 6.92 Å². The first-order valence-corrected chi connectivity index (χ1v) is 8.18. The Balaban J connectivity index is 1.87. The van der Waals surface area contributed by atoms with Crippen LogP contribution in [0.4, 0.5) is 0 Å². The Morgan fingerprint density at radius 2 is 2.10 bits per heavy atom. The van der Waals surface area contributed by atoms with Gasteiger partial charge in [-0.05, 0) is 24.1 Å². The number of hydrogen-bond donors (Lipinski definition) is 1. The summed E-state index contributed by atoms with van der Waals surface area (Å²) < 4.78 is 6.00. The summed E-state index contributed by atoms with van der Waals surface area (Å²) in [6.45, 7) is 4.71. The van der Waals surface area contributed by atoms with Gasteiger partial charge >= 0.3 is 0 Å². The van der Waals surface area contributed by atoms with Crippen molar-refractivity contribution in [3.63, 3.8) is 0 Å². The predicted molar refractivity (Wildman–Crippen MR) is 86.6 cm³/mol. The molecule has 110 valence electrons. The second-order valence-corrected chi connectivity index (χ2v) is 6.32. The molecule has 2 aromatic rings. The van der Waals surface area contributed by atoms with Crippen LogP contribution in [0.1, 0.15) is 16.4 Å². The Hall–Kier alpha value is -1.36. The molecule has 0 aliphatic carbocycles. The predicted octanol–water partition coefficient (Wildman–Crippen LogP) is 3.21. The van der Waals surface area contributed by atoms with Crippen molar-refractivity contribution in [1.29, 1.82) is 0 Å². The maximum absolute atomic E-state index is 6.00. The number of aryl methyl sites for hydroxylation is 1. The van der Waals surface area contributed by atoms with E-state index in [1.165, 1.54) is 11.1 Å². The van der Waals surface area contributed by atoms with Gasteiger partial charge in [0.05, 0.1) is 23.0 Å². The van der Waals surface area contributed by atoms with Gasteiger partial charge in [-0.25, -0.2) is 4.98 Å². The first kappa shape index (κ1) is 14.6. The molecule has 3 nitrogen and oxygen atoms in total. The van der Waals surface area contributed by atoms with Crippen molar-refractivity contribution in [2.75, 3.05) is 19.7 Å². The first-order chi connectivity index (χ1) is 10.3. The van der Waals surface area contributed by atoms with Gasteiger partial charge in [0.2, 0.25) is 0 Å². The molecule has 1 aromatic heterocycles. The number of morpholine rings is 1. The lowest BCUT2D eigenvalue weighted by Crippen LogP contribution is -2.41. The number of ether oxygens (including phenoxy) is 1. The van der Waals surface area contributed by atoms with Crippen molar-refractivity contribution in [1.82, 2.24) is 10.3 Å². The lowest BCUT2D eigenvalue weighted by Gasteiger charge is -2.31. The van der Waals surface area contributed by atoms with E-state index in [2.05, 4.69) is 53.6 Å². The molecule has 2 heterocycles. The molecule has 0 amide bonds. The van der Waals surface area contributed by atoms with Gasteiger partial charge in [0.15, 0.2) is 0 Å². The van der Waals surface area contributed by atoms with Gasteiger partial charge < -0.3 is 10.1 Å². The monoisotopic (exact) mass is 300 g/mol. The zero-order valence-electron chi connectivity index (χ0n) is 12.2. The topological polar surface area (TPSA) is 34.2 Å². The highest BCUT2D eigenvalue weighted by molar-refractivity contribution is 7.99. The molecule has 0 spiro atoms. The molecule has 3 rings (SSSR count). The highest BCUT2D eigenvalue weighted by Gasteiger charge is 2.27. The van der Waals surface area contributed by atoms with E-state index in [4.69, 9.17) is 4.74 Å². The molecule has 1 aliphatic heterocycles. The van der Waals surface area contributed by atoms with Crippen LogP contribution in [0.5, 0.6) is 0 Å². The van der Waals surface area contributed by atoms with Crippen molar-refractivity contribution in [2.45, 2.75) is 23.3 Å². The summed E-state index contributed by atoms with van der Waals surface area (Å²) in [4.78, 5) is 4.53. The van der Waals surface area contributed by atoms with Crippen molar-refractivity contribution in [3.8, 4) is 0 Å². The molecule has 0 bridgehead atoms. The SMILES string of the molecule is Cc1cccnc1S[C@@H](c1ccccc1)[C@@H]1CNCCO1. The van der Waals surface area contributed by atoms with Crippen molar-refractivity contribution in [2.24, 2.45) is 0 Å². The largest absolute Gasteiger partial charge is 0.374 e. The fraction of sp³-hybridized carbons (Fsp3) is 0.353. The molecule has 0 saturated carbocycles. The number of aromatic nitrogens is 1. The molecule has 0 unspecified atom stereocenters. The van der Waals surface area contributed by atoms with Crippen LogP contribution in [0.15, 0.2) is 53.7 Å². The average molecular weight is 300 g/mol. The van der Waals surface area contributed by atoms with Gasteiger partial charge in [0, 0.05) is 19.3 Å². The number of benzene rings is 1. The summed E-state index contributed by atoms with van der Waals surface area (Å²) in [5.74, 6) is 0. The second kappa shape index (κ2) is 7.07. The summed E-state index contributed by atoms with van der Waals surface area (Å²) in [7, 11) is 0. The molecule has 4 heteroatoms. The van der Waals surface area contributed by atoms with E-state index in [1.807, 2.05) is 12.3 Å². The average Bonchev–Trinajstić information content (AvgIpc) is 2.56. The Bertz CT molecular complexity index is 570. The number of pyridine rings is 1. The number of hydrogen-bond acceptors (Lipinski definition) is 4. The van der Waals surface area contributed by atoms with Crippen LogP contribution in [0.25, 0.3) is 0 Å². The summed E-state index contributed by atoms with van der Waals surface area (Å²) in [5.41, 5.74) is 2.51. The standard InChI is InChI=1S/C17H20N2OS/c1-13-6-5-9-19-17(13)21-16(14-7-3-2-4-8-14)15-12-18-10-11-20-15/h2-9,15-16,18H,10-12H2,1H3/t15-,16-/m0/s1. The molecule has 2 atom stereocenters. The molecular weight excluding hydrogens is 280 g/mol. The van der Waals surface area contributed by atoms with E-state index in [0.717, 1.165) is 24.7 Å². The lowest BCUT2D eigenvalue weighted by atomic mass is 10.1. The fourth-order valence-corrected chi connectivity index (χ4v) is 3.73. The van der Waals surface area contributed by atoms with Crippen molar-refractivity contribution in [3.05, 3.63) is 59.8 Å². The minimum atomic E-state index is 0.174. The normalized spacial score (nSPS) is 20.1. The maximum atomic E-state index is 6.00. The minimum Gasteiger partial charge on any atom is -0.374 e. The Morgan fingerprint density at radius 1 is 1.24 bits per heavy atom. The number of nitrogens with one attached hydrogen (secondary N) is 1. The molecule has 1 saturated heterocycles.